The smallest absolute Gasteiger partial charge is 0.269 e. The van der Waals surface area contributed by atoms with Gasteiger partial charge in [0, 0.05) is 11.1 Å². The number of benzene rings is 2. The molecule has 0 heterocycles. The van der Waals surface area contributed by atoms with Gasteiger partial charge in [-0.3, -0.25) is 20.4 Å². The zero-order valence-corrected chi connectivity index (χ0v) is 17.3. The van der Waals surface area contributed by atoms with Gasteiger partial charge in [0.1, 0.15) is 5.75 Å². The Morgan fingerprint density at radius 2 is 1.21 bits per heavy atom. The van der Waals surface area contributed by atoms with E-state index in [0.29, 0.717) is 17.7 Å². The Labute approximate surface area is 173 Å². The number of unbranched alkanes of at least 4 members (excludes halogenated alkanes) is 7. The second kappa shape index (κ2) is 13.4. The lowest BCUT2D eigenvalue weighted by atomic mass is 10.1. The quantitative estimate of drug-likeness (QED) is 0.379. The van der Waals surface area contributed by atoms with Gasteiger partial charge in [0.2, 0.25) is 0 Å². The molecule has 29 heavy (non-hydrogen) atoms. The number of amides is 2. The summed E-state index contributed by atoms with van der Waals surface area (Å²) in [4.78, 5) is 24.1. The Morgan fingerprint density at radius 1 is 0.690 bits per heavy atom. The van der Waals surface area contributed by atoms with Crippen molar-refractivity contribution in [3.8, 4) is 5.75 Å². The summed E-state index contributed by atoms with van der Waals surface area (Å²) in [5, 5.41) is 0. The van der Waals surface area contributed by atoms with Crippen molar-refractivity contribution in [1.82, 2.24) is 10.9 Å². The maximum Gasteiger partial charge on any atom is 0.269 e. The Kier molecular flexibility index (Phi) is 10.4. The average molecular weight is 397 g/mol. The summed E-state index contributed by atoms with van der Waals surface area (Å²) >= 11 is 0. The molecule has 0 saturated heterocycles. The van der Waals surface area contributed by atoms with Crippen LogP contribution in [-0.4, -0.2) is 18.4 Å². The topological polar surface area (TPSA) is 67.4 Å². The van der Waals surface area contributed by atoms with Crippen LogP contribution in [0.2, 0.25) is 0 Å². The summed E-state index contributed by atoms with van der Waals surface area (Å²) < 4.78 is 5.74. The summed E-state index contributed by atoms with van der Waals surface area (Å²) in [5.41, 5.74) is 5.77. The van der Waals surface area contributed by atoms with Crippen LogP contribution in [0.15, 0.2) is 54.6 Å². The van der Waals surface area contributed by atoms with Gasteiger partial charge < -0.3 is 4.74 Å². The molecular formula is C24H32N2O3. The van der Waals surface area contributed by atoms with Gasteiger partial charge in [-0.05, 0) is 42.8 Å². The van der Waals surface area contributed by atoms with Crippen molar-refractivity contribution in [2.24, 2.45) is 0 Å². The van der Waals surface area contributed by atoms with Crippen molar-refractivity contribution >= 4 is 11.8 Å². The lowest BCUT2D eigenvalue weighted by Crippen LogP contribution is -2.41. The van der Waals surface area contributed by atoms with E-state index in [2.05, 4.69) is 17.8 Å². The molecule has 0 unspecified atom stereocenters. The number of hydrogen-bond donors (Lipinski definition) is 2. The van der Waals surface area contributed by atoms with Gasteiger partial charge in [-0.2, -0.15) is 0 Å². The maximum atomic E-state index is 12.2. The third-order valence-corrected chi connectivity index (χ3v) is 4.71. The summed E-state index contributed by atoms with van der Waals surface area (Å²) in [6, 6.07) is 15.7. The van der Waals surface area contributed by atoms with Crippen LogP contribution >= 0.6 is 0 Å². The van der Waals surface area contributed by atoms with Gasteiger partial charge in [-0.1, -0.05) is 70.1 Å². The Hall–Kier alpha value is -2.82. The molecule has 2 aromatic rings. The predicted octanol–water partition coefficient (Wildman–Crippen LogP) is 5.28. The van der Waals surface area contributed by atoms with Crippen LogP contribution in [-0.2, 0) is 0 Å². The first-order valence-corrected chi connectivity index (χ1v) is 10.6. The van der Waals surface area contributed by atoms with Crippen molar-refractivity contribution in [1.29, 1.82) is 0 Å². The average Bonchev–Trinajstić information content (AvgIpc) is 2.77. The second-order valence-corrected chi connectivity index (χ2v) is 7.12. The molecule has 2 N–H and O–H groups in total. The largest absolute Gasteiger partial charge is 0.494 e. The van der Waals surface area contributed by atoms with Crippen LogP contribution < -0.4 is 15.6 Å². The molecule has 0 aliphatic rings. The molecule has 0 aromatic heterocycles. The summed E-state index contributed by atoms with van der Waals surface area (Å²) in [6.07, 6.45) is 10.1. The molecule has 2 rings (SSSR count). The number of carbonyl (C=O) groups is 2. The number of carbonyl (C=O) groups excluding carboxylic acids is 2. The first-order chi connectivity index (χ1) is 14.2. The van der Waals surface area contributed by atoms with Gasteiger partial charge in [0.05, 0.1) is 6.61 Å². The zero-order chi connectivity index (χ0) is 20.7. The van der Waals surface area contributed by atoms with Crippen molar-refractivity contribution in [3.63, 3.8) is 0 Å². The van der Waals surface area contributed by atoms with Crippen LogP contribution in [0.25, 0.3) is 0 Å². The monoisotopic (exact) mass is 396 g/mol. The molecule has 156 valence electrons. The third kappa shape index (κ3) is 8.81. The van der Waals surface area contributed by atoms with E-state index in [1.807, 2.05) is 6.07 Å². The van der Waals surface area contributed by atoms with Crippen LogP contribution in [0.4, 0.5) is 0 Å². The first kappa shape index (κ1) is 22.5. The highest BCUT2D eigenvalue weighted by Crippen LogP contribution is 2.14. The first-order valence-electron chi connectivity index (χ1n) is 10.6. The lowest BCUT2D eigenvalue weighted by molar-refractivity contribution is 0.0846. The zero-order valence-electron chi connectivity index (χ0n) is 17.3. The van der Waals surface area contributed by atoms with Gasteiger partial charge >= 0.3 is 0 Å². The minimum absolute atomic E-state index is 0.357. The van der Waals surface area contributed by atoms with Crippen molar-refractivity contribution in [2.45, 2.75) is 58.3 Å². The number of nitrogens with one attached hydrogen (secondary N) is 2. The molecule has 0 radical (unpaired) electrons. The normalized spacial score (nSPS) is 10.4. The van der Waals surface area contributed by atoms with E-state index in [4.69, 9.17) is 4.74 Å². The van der Waals surface area contributed by atoms with Crippen molar-refractivity contribution < 1.29 is 14.3 Å². The molecule has 0 saturated carbocycles. The number of ether oxygens (including phenoxy) is 1. The van der Waals surface area contributed by atoms with E-state index in [1.54, 1.807) is 48.5 Å². The number of hydrogen-bond acceptors (Lipinski definition) is 3. The molecule has 0 fully saturated rings. The molecule has 0 spiro atoms. The number of hydrazine groups is 1. The summed E-state index contributed by atoms with van der Waals surface area (Å²) in [5.74, 6) is 0.0194. The minimum atomic E-state index is -0.371. The number of rotatable bonds is 12. The van der Waals surface area contributed by atoms with E-state index in [9.17, 15) is 9.59 Å². The van der Waals surface area contributed by atoms with Crippen molar-refractivity contribution in [3.05, 3.63) is 65.7 Å². The molecule has 0 aliphatic heterocycles. The lowest BCUT2D eigenvalue weighted by Gasteiger charge is -2.09. The fourth-order valence-corrected chi connectivity index (χ4v) is 2.98. The molecule has 5 heteroatoms. The van der Waals surface area contributed by atoms with E-state index < -0.39 is 0 Å². The summed E-state index contributed by atoms with van der Waals surface area (Å²) in [6.45, 7) is 2.92. The van der Waals surface area contributed by atoms with E-state index in [1.165, 1.54) is 44.9 Å². The summed E-state index contributed by atoms with van der Waals surface area (Å²) in [7, 11) is 0. The molecule has 2 aromatic carbocycles. The molecule has 0 bridgehead atoms. The standard InChI is InChI=1S/C24H32N2O3/c1-2-3-4-5-6-7-8-12-19-29-22-17-15-21(16-18-22)24(28)26-25-23(27)20-13-10-9-11-14-20/h9-11,13-18H,2-8,12,19H2,1H3,(H,25,27)(H,26,28). The van der Waals surface area contributed by atoms with Crippen LogP contribution in [0.5, 0.6) is 5.75 Å². The minimum Gasteiger partial charge on any atom is -0.494 e. The second-order valence-electron chi connectivity index (χ2n) is 7.12. The molecule has 5 nitrogen and oxygen atoms in total. The fourth-order valence-electron chi connectivity index (χ4n) is 2.98. The fraction of sp³-hybridized carbons (Fsp3) is 0.417. The Balaban J connectivity index is 1.62. The molecule has 0 aliphatic carbocycles. The van der Waals surface area contributed by atoms with Crippen LogP contribution in [0.1, 0.15) is 79.0 Å². The maximum absolute atomic E-state index is 12.2. The van der Waals surface area contributed by atoms with E-state index in [-0.39, 0.29) is 11.8 Å². The highest BCUT2D eigenvalue weighted by atomic mass is 16.5. The third-order valence-electron chi connectivity index (χ3n) is 4.71. The Morgan fingerprint density at radius 3 is 1.79 bits per heavy atom. The predicted molar refractivity (Wildman–Crippen MR) is 116 cm³/mol. The van der Waals surface area contributed by atoms with Crippen molar-refractivity contribution in [2.75, 3.05) is 6.61 Å². The van der Waals surface area contributed by atoms with Gasteiger partial charge in [0.15, 0.2) is 0 Å². The van der Waals surface area contributed by atoms with E-state index in [0.717, 1.165) is 12.2 Å². The van der Waals surface area contributed by atoms with Crippen LogP contribution in [0.3, 0.4) is 0 Å². The van der Waals surface area contributed by atoms with Gasteiger partial charge in [-0.25, -0.2) is 0 Å². The van der Waals surface area contributed by atoms with Gasteiger partial charge in [-0.15, -0.1) is 0 Å². The Bertz CT molecular complexity index is 730. The van der Waals surface area contributed by atoms with Crippen LogP contribution in [0, 0.1) is 0 Å². The SMILES string of the molecule is CCCCCCCCCCOc1ccc(C(=O)NNC(=O)c2ccccc2)cc1. The van der Waals surface area contributed by atoms with E-state index >= 15 is 0 Å². The molecule has 2 amide bonds. The van der Waals surface area contributed by atoms with Gasteiger partial charge in [0.25, 0.3) is 11.8 Å². The molecular weight excluding hydrogens is 364 g/mol. The highest BCUT2D eigenvalue weighted by molar-refractivity contribution is 5.99. The highest BCUT2D eigenvalue weighted by Gasteiger charge is 2.09. The molecule has 0 atom stereocenters.